The molecule has 0 spiro atoms. The predicted octanol–water partition coefficient (Wildman–Crippen LogP) is -2.43. The average Bonchev–Trinajstić information content (AvgIpc) is 3.07. The van der Waals surface area contributed by atoms with Gasteiger partial charge < -0.3 is 59.9 Å². The summed E-state index contributed by atoms with van der Waals surface area (Å²) in [6.07, 6.45) is 0.0258. The van der Waals surface area contributed by atoms with E-state index in [1.54, 1.807) is 13.8 Å². The zero-order valence-electron chi connectivity index (χ0n) is 34.2. The third-order valence-electron chi connectivity index (χ3n) is 8.41. The quantitative estimate of drug-likeness (QED) is 0.0290. The van der Waals surface area contributed by atoms with Crippen molar-refractivity contribution < 1.29 is 43.5 Å². The van der Waals surface area contributed by atoms with Crippen LogP contribution in [0.3, 0.4) is 0 Å². The molecule has 0 aliphatic heterocycles. The van der Waals surface area contributed by atoms with E-state index in [4.69, 9.17) is 22.9 Å². The highest BCUT2D eigenvalue weighted by molar-refractivity contribution is 5.96. The number of nitrogens with one attached hydrogen (secondary N) is 7. The summed E-state index contributed by atoms with van der Waals surface area (Å²) >= 11 is 0. The zero-order chi connectivity index (χ0) is 43.3. The van der Waals surface area contributed by atoms with Crippen molar-refractivity contribution in [1.82, 2.24) is 37.2 Å². The molecule has 0 aromatic rings. The smallest absolute Gasteiger partial charge is 0.326 e. The highest BCUT2D eigenvalue weighted by atomic mass is 16.4. The third-order valence-corrected chi connectivity index (χ3v) is 8.41. The van der Waals surface area contributed by atoms with Crippen molar-refractivity contribution in [1.29, 1.82) is 0 Å². The maximum Gasteiger partial charge on any atom is 0.326 e. The van der Waals surface area contributed by atoms with Crippen molar-refractivity contribution in [2.75, 3.05) is 13.1 Å². The molecule has 16 N–H and O–H groups in total. The van der Waals surface area contributed by atoms with Crippen LogP contribution >= 0.6 is 0 Å². The number of nitrogens with two attached hydrogens (primary N) is 4. The summed E-state index contributed by atoms with van der Waals surface area (Å²) < 4.78 is 0. The Labute approximate surface area is 330 Å². The molecule has 0 unspecified atom stereocenters. The molecule has 322 valence electrons. The molecule has 0 bridgehead atoms. The Morgan fingerprint density at radius 2 is 1.05 bits per heavy atom. The van der Waals surface area contributed by atoms with Gasteiger partial charge in [0, 0.05) is 6.42 Å². The molecule has 0 aliphatic carbocycles. The Hall–Kier alpha value is -4.40. The number of aliphatic carboxylic acids is 1. The fraction of sp³-hybridized carbons (Fsp3) is 0.778. The largest absolute Gasteiger partial charge is 0.480 e. The lowest BCUT2D eigenvalue weighted by Gasteiger charge is -2.29. The topological polar surface area (TPSA) is 345 Å². The molecule has 0 saturated heterocycles. The lowest BCUT2D eigenvalue weighted by Crippen LogP contribution is -2.60. The van der Waals surface area contributed by atoms with Gasteiger partial charge >= 0.3 is 5.97 Å². The average molecular weight is 800 g/mol. The van der Waals surface area contributed by atoms with Crippen LogP contribution in [0.15, 0.2) is 0 Å². The van der Waals surface area contributed by atoms with Crippen LogP contribution in [-0.2, 0) is 38.4 Å². The monoisotopic (exact) mass is 800 g/mol. The minimum absolute atomic E-state index is 0.00776. The Bertz CT molecular complexity index is 1310. The summed E-state index contributed by atoms with van der Waals surface area (Å²) in [4.78, 5) is 103. The van der Waals surface area contributed by atoms with Crippen molar-refractivity contribution in [2.45, 2.75) is 143 Å². The second-order valence-electron chi connectivity index (χ2n) is 15.7. The Balaban J connectivity index is 5.93. The van der Waals surface area contributed by atoms with E-state index in [-0.39, 0.29) is 56.3 Å². The molecule has 0 heterocycles. The molecule has 0 fully saturated rings. The van der Waals surface area contributed by atoms with Crippen LogP contribution in [-0.4, -0.2) is 108 Å². The van der Waals surface area contributed by atoms with Crippen molar-refractivity contribution in [3.05, 3.63) is 0 Å². The van der Waals surface area contributed by atoms with Gasteiger partial charge in [0.1, 0.15) is 36.5 Å². The van der Waals surface area contributed by atoms with Gasteiger partial charge in [-0.15, -0.1) is 0 Å². The second-order valence-corrected chi connectivity index (χ2v) is 15.7. The van der Waals surface area contributed by atoms with Gasteiger partial charge in [0.05, 0.1) is 12.6 Å². The number of carbonyl (C=O) groups is 8. The number of amides is 7. The number of carboxylic acid groups (broad SMARTS) is 1. The number of carboxylic acids is 1. The van der Waals surface area contributed by atoms with E-state index in [0.717, 1.165) is 0 Å². The molecular weight excluding hydrogens is 730 g/mol. The van der Waals surface area contributed by atoms with E-state index in [1.165, 1.54) is 0 Å². The van der Waals surface area contributed by atoms with Crippen LogP contribution in [0.4, 0.5) is 0 Å². The molecule has 56 heavy (non-hydrogen) atoms. The van der Waals surface area contributed by atoms with E-state index < -0.39 is 102 Å². The lowest BCUT2D eigenvalue weighted by atomic mass is 9.98. The van der Waals surface area contributed by atoms with Crippen LogP contribution < -0.4 is 60.2 Å². The van der Waals surface area contributed by atoms with Crippen LogP contribution in [0, 0.1) is 23.7 Å². The number of primary amides is 1. The van der Waals surface area contributed by atoms with E-state index in [9.17, 15) is 43.5 Å². The van der Waals surface area contributed by atoms with Gasteiger partial charge in [-0.3, -0.25) is 38.9 Å². The fourth-order valence-corrected chi connectivity index (χ4v) is 5.51. The van der Waals surface area contributed by atoms with Gasteiger partial charge in [-0.2, -0.15) is 0 Å². The maximum absolute atomic E-state index is 13.7. The molecular formula is C36H69N11O9. The minimum Gasteiger partial charge on any atom is -0.480 e. The van der Waals surface area contributed by atoms with E-state index >= 15 is 0 Å². The number of rotatable bonds is 28. The standard InChI is InChI=1S/C36H69N11O9/c1-18(2)14-24(31(51)42-17-28(49)43-26(35(55)56)16-20(5)6)46-34(54)29(21(7)8)47-33(53)25(15-19(3)4)45-32(52)23(11-12-27(38)48)44-30(50)22(37)10-9-13-41-36(39)40/h18-26,29,36,41H,9-17,37,39-40H2,1-8H3,(H2,38,48)(H,42,51)(H,43,49)(H,44,50)(H,45,52)(H,46,54)(H,47,53)(H,55,56)/t22-,23-,24-,25-,26-,29-/m0/s1. The van der Waals surface area contributed by atoms with E-state index in [0.29, 0.717) is 13.0 Å². The normalized spacial score (nSPS) is 14.7. The summed E-state index contributed by atoms with van der Waals surface area (Å²) in [5.41, 5.74) is 22.2. The summed E-state index contributed by atoms with van der Waals surface area (Å²) in [7, 11) is 0. The molecule has 0 rings (SSSR count). The van der Waals surface area contributed by atoms with Crippen molar-refractivity contribution in [3.8, 4) is 0 Å². The van der Waals surface area contributed by atoms with Gasteiger partial charge in [-0.05, 0) is 68.7 Å². The van der Waals surface area contributed by atoms with Gasteiger partial charge in [0.2, 0.25) is 41.4 Å². The third kappa shape index (κ3) is 22.2. The second kappa shape index (κ2) is 26.5. The molecule has 0 aromatic heterocycles. The minimum atomic E-state index is -1.27. The summed E-state index contributed by atoms with van der Waals surface area (Å²) in [5, 5.41) is 27.6. The Kier molecular flexibility index (Phi) is 24.4. The molecule has 20 nitrogen and oxygen atoms in total. The summed E-state index contributed by atoms with van der Waals surface area (Å²) in [6, 6.07) is -6.87. The predicted molar refractivity (Wildman–Crippen MR) is 209 cm³/mol. The first-order valence-corrected chi connectivity index (χ1v) is 19.2. The van der Waals surface area contributed by atoms with E-state index in [2.05, 4.69) is 37.2 Å². The summed E-state index contributed by atoms with van der Waals surface area (Å²) in [6.45, 7) is 14.1. The van der Waals surface area contributed by atoms with Crippen molar-refractivity contribution in [2.24, 2.45) is 46.6 Å². The SMILES string of the molecule is CC(C)C[C@H](NC(=O)CNC(=O)[C@H](CC(C)C)NC(=O)[C@@H](NC(=O)[C@H](CC(C)C)NC(=O)[C@H](CCC(N)=O)NC(=O)[C@@H](N)CCCNC(N)N)C(C)C)C(=O)O. The highest BCUT2D eigenvalue weighted by Crippen LogP contribution is 2.12. The van der Waals surface area contributed by atoms with Crippen molar-refractivity contribution in [3.63, 3.8) is 0 Å². The van der Waals surface area contributed by atoms with Crippen molar-refractivity contribution >= 4 is 47.3 Å². The van der Waals surface area contributed by atoms with Crippen LogP contribution in [0.2, 0.25) is 0 Å². The van der Waals surface area contributed by atoms with Gasteiger partial charge in [-0.25, -0.2) is 4.79 Å². The molecule has 6 atom stereocenters. The van der Waals surface area contributed by atoms with E-state index in [1.807, 2.05) is 41.5 Å². The first-order valence-electron chi connectivity index (χ1n) is 19.2. The first-order chi connectivity index (χ1) is 25.9. The zero-order valence-corrected chi connectivity index (χ0v) is 34.2. The molecule has 7 amide bonds. The molecule has 0 saturated carbocycles. The van der Waals surface area contributed by atoms with Crippen LogP contribution in [0.1, 0.15) is 100 Å². The van der Waals surface area contributed by atoms with Gasteiger partial charge in [0.15, 0.2) is 0 Å². The van der Waals surface area contributed by atoms with Gasteiger partial charge in [0.25, 0.3) is 0 Å². The van der Waals surface area contributed by atoms with Crippen LogP contribution in [0.25, 0.3) is 0 Å². The fourth-order valence-electron chi connectivity index (χ4n) is 5.51. The first kappa shape index (κ1) is 51.6. The molecule has 0 aromatic carbocycles. The maximum atomic E-state index is 13.7. The number of hydrogen-bond acceptors (Lipinski definition) is 12. The number of hydrogen-bond donors (Lipinski definition) is 12. The molecule has 0 aliphatic rings. The number of carbonyl (C=O) groups excluding carboxylic acids is 7. The Morgan fingerprint density at radius 3 is 1.54 bits per heavy atom. The summed E-state index contributed by atoms with van der Waals surface area (Å²) in [5.74, 6) is -6.85. The highest BCUT2D eigenvalue weighted by Gasteiger charge is 2.34. The van der Waals surface area contributed by atoms with Gasteiger partial charge in [-0.1, -0.05) is 55.4 Å². The molecule has 0 radical (unpaired) electrons. The Morgan fingerprint density at radius 1 is 0.571 bits per heavy atom. The van der Waals surface area contributed by atoms with Crippen LogP contribution in [0.5, 0.6) is 0 Å². The lowest BCUT2D eigenvalue weighted by molar-refractivity contribution is -0.142. The molecule has 20 heteroatoms.